The largest absolute Gasteiger partial charge is 0.573 e. The third kappa shape index (κ3) is 5.36. The lowest BCUT2D eigenvalue weighted by Crippen LogP contribution is -2.47. The summed E-state index contributed by atoms with van der Waals surface area (Å²) in [4.78, 5) is 14.2. The quantitative estimate of drug-likeness (QED) is 0.878. The summed E-state index contributed by atoms with van der Waals surface area (Å²) in [6, 6.07) is 6.24. The van der Waals surface area contributed by atoms with Crippen LogP contribution in [0.25, 0.3) is 0 Å². The van der Waals surface area contributed by atoms with Crippen LogP contribution in [0.5, 0.6) is 5.75 Å². The van der Waals surface area contributed by atoms with E-state index in [2.05, 4.69) is 15.0 Å². The first-order chi connectivity index (χ1) is 11.9. The number of carbonyl (C=O) groups is 1. The molecule has 1 aromatic carbocycles. The maximum Gasteiger partial charge on any atom is 0.573 e. The summed E-state index contributed by atoms with van der Waals surface area (Å²) in [7, 11) is 0. The monoisotopic (exact) mass is 356 g/mol. The first-order valence-corrected chi connectivity index (χ1v) is 8.76. The number of amides is 1. The smallest absolute Gasteiger partial charge is 0.406 e. The Labute approximate surface area is 145 Å². The number of benzene rings is 1. The fourth-order valence-corrected chi connectivity index (χ4v) is 3.28. The number of nitrogens with one attached hydrogen (secondary N) is 1. The van der Waals surface area contributed by atoms with Crippen LogP contribution in [0.2, 0.25) is 0 Å². The predicted molar refractivity (Wildman–Crippen MR) is 86.9 cm³/mol. The lowest BCUT2D eigenvalue weighted by molar-refractivity contribution is -0.274. The van der Waals surface area contributed by atoms with Crippen LogP contribution in [0.4, 0.5) is 13.2 Å². The van der Waals surface area contributed by atoms with Crippen molar-refractivity contribution < 1.29 is 22.7 Å². The van der Waals surface area contributed by atoms with Crippen molar-refractivity contribution in [3.8, 4) is 5.75 Å². The number of halogens is 3. The van der Waals surface area contributed by atoms with Crippen LogP contribution in [0.3, 0.4) is 0 Å². The van der Waals surface area contributed by atoms with Gasteiger partial charge in [0.1, 0.15) is 5.75 Å². The highest BCUT2D eigenvalue weighted by molar-refractivity contribution is 5.79. The van der Waals surface area contributed by atoms with Gasteiger partial charge in [0.25, 0.3) is 0 Å². The van der Waals surface area contributed by atoms with Gasteiger partial charge in [0.2, 0.25) is 5.91 Å². The molecule has 0 spiro atoms. The van der Waals surface area contributed by atoms with Crippen LogP contribution in [-0.2, 0) is 11.3 Å². The molecule has 1 amide bonds. The fourth-order valence-electron chi connectivity index (χ4n) is 3.28. The molecule has 0 aromatic heterocycles. The fraction of sp³-hybridized carbons (Fsp3) is 0.611. The highest BCUT2D eigenvalue weighted by Gasteiger charge is 2.31. The van der Waals surface area contributed by atoms with Crippen molar-refractivity contribution in [3.63, 3.8) is 0 Å². The van der Waals surface area contributed by atoms with E-state index in [1.165, 1.54) is 12.1 Å². The number of ether oxygens (including phenoxy) is 1. The molecule has 2 fully saturated rings. The Balaban J connectivity index is 1.41. The van der Waals surface area contributed by atoms with Crippen LogP contribution < -0.4 is 10.1 Å². The second-order valence-corrected chi connectivity index (χ2v) is 6.88. The molecule has 25 heavy (non-hydrogen) atoms. The van der Waals surface area contributed by atoms with Crippen LogP contribution >= 0.6 is 0 Å². The number of rotatable bonds is 5. The molecule has 0 radical (unpaired) electrons. The summed E-state index contributed by atoms with van der Waals surface area (Å²) in [6.07, 6.45) is 0.343. The SMILES string of the molecule is O=C(NC1CCN(Cc2ccc(OC(F)(F)F)cc2)CC1)C1CCC1. The summed E-state index contributed by atoms with van der Waals surface area (Å²) < 4.78 is 40.3. The van der Waals surface area contributed by atoms with E-state index in [0.717, 1.165) is 50.8 Å². The third-order valence-electron chi connectivity index (χ3n) is 4.97. The molecule has 2 aliphatic rings. The Morgan fingerprint density at radius 3 is 2.28 bits per heavy atom. The maximum atomic E-state index is 12.2. The van der Waals surface area contributed by atoms with Crippen molar-refractivity contribution in [1.82, 2.24) is 10.2 Å². The predicted octanol–water partition coefficient (Wildman–Crippen LogP) is 3.47. The summed E-state index contributed by atoms with van der Waals surface area (Å²) in [6.45, 7) is 2.43. The van der Waals surface area contributed by atoms with Gasteiger partial charge in [0, 0.05) is 31.6 Å². The molecule has 0 unspecified atom stereocenters. The van der Waals surface area contributed by atoms with E-state index in [0.29, 0.717) is 6.54 Å². The number of carbonyl (C=O) groups excluding carboxylic acids is 1. The zero-order valence-electron chi connectivity index (χ0n) is 14.0. The lowest BCUT2D eigenvalue weighted by Gasteiger charge is -2.34. The number of hydrogen-bond acceptors (Lipinski definition) is 3. The molecule has 1 saturated heterocycles. The molecule has 1 saturated carbocycles. The molecule has 1 aliphatic carbocycles. The Bertz CT molecular complexity index is 577. The zero-order chi connectivity index (χ0) is 17.9. The van der Waals surface area contributed by atoms with Gasteiger partial charge >= 0.3 is 6.36 Å². The molecule has 3 rings (SSSR count). The topological polar surface area (TPSA) is 41.6 Å². The Morgan fingerprint density at radius 2 is 1.76 bits per heavy atom. The van der Waals surface area contributed by atoms with Crippen molar-refractivity contribution >= 4 is 5.91 Å². The van der Waals surface area contributed by atoms with Gasteiger partial charge in [-0.15, -0.1) is 13.2 Å². The minimum absolute atomic E-state index is 0.199. The average Bonchev–Trinajstić information content (AvgIpc) is 2.48. The molecule has 1 N–H and O–H groups in total. The van der Waals surface area contributed by atoms with Gasteiger partial charge in [-0.3, -0.25) is 9.69 Å². The molecule has 0 bridgehead atoms. The average molecular weight is 356 g/mol. The maximum absolute atomic E-state index is 12.2. The van der Waals surface area contributed by atoms with Crippen molar-refractivity contribution in [2.45, 2.75) is 51.1 Å². The van der Waals surface area contributed by atoms with E-state index in [-0.39, 0.29) is 23.6 Å². The van der Waals surface area contributed by atoms with E-state index in [1.54, 1.807) is 12.1 Å². The van der Waals surface area contributed by atoms with Crippen LogP contribution in [-0.4, -0.2) is 36.3 Å². The van der Waals surface area contributed by atoms with E-state index in [9.17, 15) is 18.0 Å². The second kappa shape index (κ2) is 7.64. The number of nitrogens with zero attached hydrogens (tertiary/aromatic N) is 1. The molecular formula is C18H23F3N2O2. The summed E-state index contributed by atoms with van der Waals surface area (Å²) in [5.74, 6) is 0.217. The number of piperidine rings is 1. The van der Waals surface area contributed by atoms with Gasteiger partial charge in [-0.1, -0.05) is 18.6 Å². The molecule has 1 aliphatic heterocycles. The third-order valence-corrected chi connectivity index (χ3v) is 4.97. The highest BCUT2D eigenvalue weighted by Crippen LogP contribution is 2.27. The zero-order valence-corrected chi connectivity index (χ0v) is 14.0. The van der Waals surface area contributed by atoms with Gasteiger partial charge in [-0.2, -0.15) is 0 Å². The second-order valence-electron chi connectivity index (χ2n) is 6.88. The van der Waals surface area contributed by atoms with Crippen LogP contribution in [0.15, 0.2) is 24.3 Å². The van der Waals surface area contributed by atoms with E-state index < -0.39 is 6.36 Å². The summed E-state index contributed by atoms with van der Waals surface area (Å²) in [5, 5.41) is 3.15. The number of hydrogen-bond donors (Lipinski definition) is 1. The van der Waals surface area contributed by atoms with Crippen LogP contribution in [0.1, 0.15) is 37.7 Å². The van der Waals surface area contributed by atoms with Gasteiger partial charge < -0.3 is 10.1 Å². The summed E-state index contributed by atoms with van der Waals surface area (Å²) in [5.41, 5.74) is 0.950. The van der Waals surface area contributed by atoms with E-state index in [4.69, 9.17) is 0 Å². The molecule has 7 heteroatoms. The van der Waals surface area contributed by atoms with Gasteiger partial charge in [0.15, 0.2) is 0 Å². The van der Waals surface area contributed by atoms with E-state index >= 15 is 0 Å². The molecule has 1 heterocycles. The van der Waals surface area contributed by atoms with Crippen molar-refractivity contribution in [2.24, 2.45) is 5.92 Å². The minimum atomic E-state index is -4.66. The van der Waals surface area contributed by atoms with Gasteiger partial charge in [-0.25, -0.2) is 0 Å². The molecule has 1 aromatic rings. The van der Waals surface area contributed by atoms with Crippen molar-refractivity contribution in [1.29, 1.82) is 0 Å². The van der Waals surface area contributed by atoms with Gasteiger partial charge in [-0.05, 0) is 43.4 Å². The Morgan fingerprint density at radius 1 is 1.12 bits per heavy atom. The standard InChI is InChI=1S/C18H23F3N2O2/c19-18(20,21)25-16-6-4-13(5-7-16)12-23-10-8-15(9-11-23)22-17(24)14-2-1-3-14/h4-7,14-15H,1-3,8-12H2,(H,22,24). The Hall–Kier alpha value is -1.76. The summed E-state index contributed by atoms with van der Waals surface area (Å²) >= 11 is 0. The number of alkyl halides is 3. The molecular weight excluding hydrogens is 333 g/mol. The first-order valence-electron chi connectivity index (χ1n) is 8.76. The number of likely N-dealkylation sites (tertiary alicyclic amines) is 1. The van der Waals surface area contributed by atoms with Crippen molar-refractivity contribution in [3.05, 3.63) is 29.8 Å². The van der Waals surface area contributed by atoms with Gasteiger partial charge in [0.05, 0.1) is 0 Å². The molecule has 138 valence electrons. The molecule has 4 nitrogen and oxygen atoms in total. The minimum Gasteiger partial charge on any atom is -0.406 e. The van der Waals surface area contributed by atoms with E-state index in [1.807, 2.05) is 0 Å². The van der Waals surface area contributed by atoms with Crippen LogP contribution in [0, 0.1) is 5.92 Å². The van der Waals surface area contributed by atoms with Crippen molar-refractivity contribution in [2.75, 3.05) is 13.1 Å². The molecule has 0 atom stereocenters. The lowest BCUT2D eigenvalue weighted by atomic mass is 9.84. The normalized spacial score (nSPS) is 20.1. The Kier molecular flexibility index (Phi) is 5.51. The highest BCUT2D eigenvalue weighted by atomic mass is 19.4. The first kappa shape index (κ1) is 18.0.